The second kappa shape index (κ2) is 7.89. The number of esters is 1. The first kappa shape index (κ1) is 12.3. The Morgan fingerprint density at radius 3 is 2.77 bits per heavy atom. The van der Waals surface area contributed by atoms with Crippen LogP contribution in [-0.2, 0) is 9.53 Å². The van der Waals surface area contributed by atoms with Gasteiger partial charge in [-0.05, 0) is 0 Å². The van der Waals surface area contributed by atoms with Gasteiger partial charge in [-0.3, -0.25) is 4.79 Å². The van der Waals surface area contributed by atoms with Crippen molar-refractivity contribution in [2.24, 2.45) is 5.73 Å². The molecule has 0 rings (SSSR count). The van der Waals surface area contributed by atoms with Crippen LogP contribution in [0.25, 0.3) is 0 Å². The van der Waals surface area contributed by atoms with Gasteiger partial charge in [-0.25, -0.2) is 0 Å². The molecule has 0 aromatic rings. The minimum Gasteiger partial charge on any atom is -0.460 e. The number of hydrogen-bond donors (Lipinski definition) is 1. The minimum absolute atomic E-state index is 0.221. The van der Waals surface area contributed by atoms with Gasteiger partial charge in [0.05, 0.1) is 0 Å². The summed E-state index contributed by atoms with van der Waals surface area (Å²) in [5, 5.41) is 0. The molecule has 0 heterocycles. The molecule has 0 aromatic carbocycles. The van der Waals surface area contributed by atoms with E-state index < -0.39 is 6.04 Å². The van der Waals surface area contributed by atoms with Gasteiger partial charge in [0.1, 0.15) is 12.6 Å². The minimum atomic E-state index is -0.551. The standard InChI is InChI=1S/C9H15NO2S/c1-3-5-12-9(11)8(10)7-13-6-4-2/h3-4,8H,1-2,5-7,10H2/t8-/m1/s1. The lowest BCUT2D eigenvalue weighted by atomic mass is 10.4. The normalized spacial score (nSPS) is 11.8. The fraction of sp³-hybridized carbons (Fsp3) is 0.444. The Bertz CT molecular complexity index is 182. The number of rotatable bonds is 7. The number of thioether (sulfide) groups is 1. The molecule has 0 amide bonds. The fourth-order valence-corrected chi connectivity index (χ4v) is 1.29. The molecular weight excluding hydrogens is 186 g/mol. The summed E-state index contributed by atoms with van der Waals surface area (Å²) in [4.78, 5) is 11.1. The third kappa shape index (κ3) is 6.42. The van der Waals surface area contributed by atoms with Crippen LogP contribution in [0.5, 0.6) is 0 Å². The summed E-state index contributed by atoms with van der Waals surface area (Å²) >= 11 is 1.55. The van der Waals surface area contributed by atoms with Crippen LogP contribution in [0, 0.1) is 0 Å². The topological polar surface area (TPSA) is 52.3 Å². The predicted octanol–water partition coefficient (Wildman–Crippen LogP) is 0.962. The fourth-order valence-electron chi connectivity index (χ4n) is 0.594. The third-order valence-corrected chi connectivity index (χ3v) is 2.25. The van der Waals surface area contributed by atoms with E-state index in [1.807, 2.05) is 0 Å². The molecule has 0 aliphatic rings. The Labute approximate surface area is 83.0 Å². The van der Waals surface area contributed by atoms with E-state index >= 15 is 0 Å². The molecule has 74 valence electrons. The summed E-state index contributed by atoms with van der Waals surface area (Å²) in [6.07, 6.45) is 3.29. The van der Waals surface area contributed by atoms with Crippen molar-refractivity contribution >= 4 is 17.7 Å². The Balaban J connectivity index is 3.55. The van der Waals surface area contributed by atoms with Gasteiger partial charge in [-0.2, -0.15) is 11.8 Å². The van der Waals surface area contributed by atoms with E-state index in [2.05, 4.69) is 13.2 Å². The van der Waals surface area contributed by atoms with E-state index in [0.717, 1.165) is 5.75 Å². The molecule has 0 saturated carbocycles. The number of nitrogens with two attached hydrogens (primary N) is 1. The zero-order valence-corrected chi connectivity index (χ0v) is 8.39. The highest BCUT2D eigenvalue weighted by atomic mass is 32.2. The van der Waals surface area contributed by atoms with E-state index in [1.165, 1.54) is 6.08 Å². The second-order valence-electron chi connectivity index (χ2n) is 2.35. The van der Waals surface area contributed by atoms with Crippen molar-refractivity contribution in [1.29, 1.82) is 0 Å². The number of carbonyl (C=O) groups is 1. The summed E-state index contributed by atoms with van der Waals surface area (Å²) in [6.45, 7) is 7.21. The molecule has 13 heavy (non-hydrogen) atoms. The van der Waals surface area contributed by atoms with Crippen molar-refractivity contribution < 1.29 is 9.53 Å². The Hall–Kier alpha value is -0.740. The van der Waals surface area contributed by atoms with Gasteiger partial charge in [0.25, 0.3) is 0 Å². The first-order valence-electron chi connectivity index (χ1n) is 3.94. The van der Waals surface area contributed by atoms with Crippen LogP contribution < -0.4 is 5.73 Å². The lowest BCUT2D eigenvalue weighted by Gasteiger charge is -2.08. The third-order valence-electron chi connectivity index (χ3n) is 1.18. The molecule has 1 atom stereocenters. The smallest absolute Gasteiger partial charge is 0.324 e. The lowest BCUT2D eigenvalue weighted by Crippen LogP contribution is -2.34. The molecule has 3 nitrogen and oxygen atoms in total. The van der Waals surface area contributed by atoms with Gasteiger partial charge in [0.2, 0.25) is 0 Å². The Morgan fingerprint density at radius 2 is 2.23 bits per heavy atom. The highest BCUT2D eigenvalue weighted by Crippen LogP contribution is 2.02. The van der Waals surface area contributed by atoms with E-state index in [-0.39, 0.29) is 12.6 Å². The average Bonchev–Trinajstić information content (AvgIpc) is 2.14. The van der Waals surface area contributed by atoms with Crippen molar-refractivity contribution in [3.8, 4) is 0 Å². The van der Waals surface area contributed by atoms with E-state index in [0.29, 0.717) is 5.75 Å². The van der Waals surface area contributed by atoms with Crippen molar-refractivity contribution in [1.82, 2.24) is 0 Å². The van der Waals surface area contributed by atoms with Gasteiger partial charge in [0, 0.05) is 11.5 Å². The predicted molar refractivity (Wildman–Crippen MR) is 56.7 cm³/mol. The lowest BCUT2D eigenvalue weighted by molar-refractivity contribution is -0.143. The summed E-state index contributed by atoms with van der Waals surface area (Å²) < 4.78 is 4.76. The molecule has 0 unspecified atom stereocenters. The van der Waals surface area contributed by atoms with E-state index in [4.69, 9.17) is 10.5 Å². The van der Waals surface area contributed by atoms with Crippen LogP contribution in [0.1, 0.15) is 0 Å². The molecule has 0 aromatic heterocycles. The molecular formula is C9H15NO2S. The number of carbonyl (C=O) groups excluding carboxylic acids is 1. The molecule has 2 N–H and O–H groups in total. The highest BCUT2D eigenvalue weighted by molar-refractivity contribution is 7.99. The molecule has 0 saturated heterocycles. The van der Waals surface area contributed by atoms with Gasteiger partial charge < -0.3 is 10.5 Å². The molecule has 0 radical (unpaired) electrons. The quantitative estimate of drug-likeness (QED) is 0.379. The first-order chi connectivity index (χ1) is 6.22. The number of ether oxygens (including phenoxy) is 1. The Morgan fingerprint density at radius 1 is 1.54 bits per heavy atom. The molecule has 0 aliphatic carbocycles. The van der Waals surface area contributed by atoms with Gasteiger partial charge in [-0.15, -0.1) is 6.58 Å². The zero-order chi connectivity index (χ0) is 10.1. The van der Waals surface area contributed by atoms with Crippen LogP contribution >= 0.6 is 11.8 Å². The molecule has 4 heteroatoms. The van der Waals surface area contributed by atoms with E-state index in [9.17, 15) is 4.79 Å². The van der Waals surface area contributed by atoms with Gasteiger partial charge >= 0.3 is 5.97 Å². The van der Waals surface area contributed by atoms with Crippen LogP contribution in [0.4, 0.5) is 0 Å². The van der Waals surface area contributed by atoms with Crippen molar-refractivity contribution in [2.75, 3.05) is 18.1 Å². The molecule has 0 fully saturated rings. The van der Waals surface area contributed by atoms with Crippen molar-refractivity contribution in [3.63, 3.8) is 0 Å². The first-order valence-corrected chi connectivity index (χ1v) is 5.09. The molecule has 0 spiro atoms. The van der Waals surface area contributed by atoms with Crippen LogP contribution in [0.3, 0.4) is 0 Å². The maximum absolute atomic E-state index is 11.1. The maximum atomic E-state index is 11.1. The monoisotopic (exact) mass is 201 g/mol. The summed E-state index contributed by atoms with van der Waals surface area (Å²) in [5.74, 6) is 0.973. The van der Waals surface area contributed by atoms with E-state index in [1.54, 1.807) is 17.8 Å². The summed E-state index contributed by atoms with van der Waals surface area (Å²) in [6, 6.07) is -0.551. The summed E-state index contributed by atoms with van der Waals surface area (Å²) in [5.41, 5.74) is 5.53. The molecule has 0 bridgehead atoms. The zero-order valence-electron chi connectivity index (χ0n) is 7.57. The molecule has 0 aliphatic heterocycles. The maximum Gasteiger partial charge on any atom is 0.324 e. The summed E-state index contributed by atoms with van der Waals surface area (Å²) in [7, 11) is 0. The van der Waals surface area contributed by atoms with Crippen molar-refractivity contribution in [3.05, 3.63) is 25.3 Å². The van der Waals surface area contributed by atoms with Crippen LogP contribution in [0.15, 0.2) is 25.3 Å². The Kier molecular flexibility index (Phi) is 7.44. The van der Waals surface area contributed by atoms with Gasteiger partial charge in [0.15, 0.2) is 0 Å². The largest absolute Gasteiger partial charge is 0.460 e. The highest BCUT2D eigenvalue weighted by Gasteiger charge is 2.13. The number of hydrogen-bond acceptors (Lipinski definition) is 4. The average molecular weight is 201 g/mol. The van der Waals surface area contributed by atoms with Gasteiger partial charge in [-0.1, -0.05) is 18.7 Å². The van der Waals surface area contributed by atoms with Crippen molar-refractivity contribution in [2.45, 2.75) is 6.04 Å². The van der Waals surface area contributed by atoms with Crippen LogP contribution in [0.2, 0.25) is 0 Å². The SMILES string of the molecule is C=CCOC(=O)[C@H](N)CSCC=C. The van der Waals surface area contributed by atoms with Crippen LogP contribution in [-0.4, -0.2) is 30.1 Å². The second-order valence-corrected chi connectivity index (χ2v) is 3.43.